The van der Waals surface area contributed by atoms with Gasteiger partial charge in [-0.25, -0.2) is 4.79 Å². The van der Waals surface area contributed by atoms with Gasteiger partial charge in [-0.2, -0.15) is 0 Å². The number of rotatable bonds is 2. The van der Waals surface area contributed by atoms with E-state index in [1.165, 1.54) is 18.4 Å². The molecule has 1 atom stereocenters. The van der Waals surface area contributed by atoms with E-state index in [0.717, 1.165) is 10.4 Å². The maximum absolute atomic E-state index is 12.0. The number of nitrogens with two attached hydrogens (primary N) is 1. The van der Waals surface area contributed by atoms with Crippen molar-refractivity contribution in [3.05, 3.63) is 36.0 Å². The zero-order chi connectivity index (χ0) is 16.4. The summed E-state index contributed by atoms with van der Waals surface area (Å²) < 4.78 is 1.47. The summed E-state index contributed by atoms with van der Waals surface area (Å²) in [6.07, 6.45) is 0. The van der Waals surface area contributed by atoms with Gasteiger partial charge in [0.05, 0.1) is 11.2 Å². The van der Waals surface area contributed by atoms with Crippen molar-refractivity contribution in [2.24, 2.45) is 5.73 Å². The molecule has 1 unspecified atom stereocenters. The minimum atomic E-state index is -0.914. The van der Waals surface area contributed by atoms with Crippen molar-refractivity contribution in [2.75, 3.05) is 0 Å². The number of amides is 2. The maximum atomic E-state index is 12.0. The largest absolute Gasteiger partial charge is 0.349 e. The highest BCUT2D eigenvalue weighted by Gasteiger charge is 2.27. The molecular weight excluding hydrogens is 286 g/mol. The Bertz CT molecular complexity index is 750. The average molecular weight is 303 g/mol. The number of primary amides is 1. The van der Waals surface area contributed by atoms with Crippen LogP contribution in [0, 0.1) is 0 Å². The third-order valence-corrected chi connectivity index (χ3v) is 3.28. The van der Waals surface area contributed by atoms with Crippen LogP contribution < -0.4 is 5.73 Å². The third-order valence-electron chi connectivity index (χ3n) is 3.28. The van der Waals surface area contributed by atoms with Crippen molar-refractivity contribution >= 4 is 28.8 Å². The monoisotopic (exact) mass is 303 g/mol. The van der Waals surface area contributed by atoms with Crippen LogP contribution in [0.3, 0.4) is 0 Å². The predicted octanol–water partition coefficient (Wildman–Crippen LogP) is 2.22. The zero-order valence-electron chi connectivity index (χ0n) is 12.6. The summed E-state index contributed by atoms with van der Waals surface area (Å²) in [5.74, 6) is -0.883. The Morgan fingerprint density at radius 3 is 2.41 bits per heavy atom. The molecule has 1 aromatic heterocycles. The number of hydrogen-bond acceptors (Lipinski definition) is 4. The molecule has 1 heterocycles. The third kappa shape index (κ3) is 2.78. The molecule has 0 spiro atoms. The van der Waals surface area contributed by atoms with E-state index in [2.05, 4.69) is 0 Å². The lowest BCUT2D eigenvalue weighted by molar-refractivity contribution is -0.181. The molecule has 2 aromatic rings. The van der Waals surface area contributed by atoms with E-state index in [9.17, 15) is 14.4 Å². The first-order valence-corrected chi connectivity index (χ1v) is 6.71. The molecule has 116 valence electrons. The zero-order valence-corrected chi connectivity index (χ0v) is 12.6. The van der Waals surface area contributed by atoms with Gasteiger partial charge in [-0.15, -0.1) is 5.06 Å². The van der Waals surface area contributed by atoms with Crippen LogP contribution >= 0.6 is 0 Å². The van der Waals surface area contributed by atoms with E-state index < -0.39 is 18.0 Å². The molecule has 0 bridgehead atoms. The molecule has 0 aliphatic rings. The summed E-state index contributed by atoms with van der Waals surface area (Å²) in [6, 6.07) is 7.45. The van der Waals surface area contributed by atoms with E-state index in [-0.39, 0.29) is 5.91 Å². The van der Waals surface area contributed by atoms with Gasteiger partial charge >= 0.3 is 12.0 Å². The van der Waals surface area contributed by atoms with Gasteiger partial charge in [0.2, 0.25) is 5.91 Å². The Morgan fingerprint density at radius 2 is 1.86 bits per heavy atom. The lowest BCUT2D eigenvalue weighted by Gasteiger charge is -2.25. The Kier molecular flexibility index (Phi) is 4.16. The predicted molar refractivity (Wildman–Crippen MR) is 79.8 cm³/mol. The Hall–Kier alpha value is -2.83. The number of urea groups is 1. The van der Waals surface area contributed by atoms with Crippen LogP contribution in [0.2, 0.25) is 0 Å². The van der Waals surface area contributed by atoms with Crippen molar-refractivity contribution in [1.82, 2.24) is 9.63 Å². The quantitative estimate of drug-likeness (QED) is 0.860. The van der Waals surface area contributed by atoms with E-state index in [1.54, 1.807) is 19.1 Å². The molecule has 22 heavy (non-hydrogen) atoms. The summed E-state index contributed by atoms with van der Waals surface area (Å²) in [4.78, 5) is 39.5. The van der Waals surface area contributed by atoms with Crippen LogP contribution in [0.1, 0.15) is 37.3 Å². The molecular formula is C15H17N3O4. The van der Waals surface area contributed by atoms with Gasteiger partial charge in [0.25, 0.3) is 0 Å². The number of fused-ring (bicyclic) bond motifs is 1. The topological polar surface area (TPSA) is 94.6 Å². The smallest absolute Gasteiger partial charge is 0.348 e. The van der Waals surface area contributed by atoms with Crippen LogP contribution in [0.5, 0.6) is 0 Å². The van der Waals surface area contributed by atoms with Crippen molar-refractivity contribution in [3.8, 4) is 0 Å². The molecule has 2 rings (SSSR count). The van der Waals surface area contributed by atoms with Gasteiger partial charge in [-0.3, -0.25) is 14.2 Å². The second kappa shape index (κ2) is 5.88. The van der Waals surface area contributed by atoms with Gasteiger partial charge in [0, 0.05) is 19.2 Å². The number of carbonyl (C=O) groups is 3. The van der Waals surface area contributed by atoms with Crippen LogP contribution in [-0.4, -0.2) is 27.5 Å². The first-order chi connectivity index (χ1) is 10.3. The SMILES string of the molecule is CC(=O)ON(C(N)=O)C(C)c1cc2ccccc2n1C(C)=O. The molecule has 2 N–H and O–H groups in total. The molecule has 0 saturated carbocycles. The lowest BCUT2D eigenvalue weighted by Crippen LogP contribution is -2.39. The fourth-order valence-electron chi connectivity index (χ4n) is 2.41. The van der Waals surface area contributed by atoms with Crippen molar-refractivity contribution < 1.29 is 19.2 Å². The van der Waals surface area contributed by atoms with Crippen LogP contribution in [0.25, 0.3) is 10.9 Å². The Labute approximate surface area is 127 Å². The number of carbonyl (C=O) groups excluding carboxylic acids is 3. The van der Waals surface area contributed by atoms with Gasteiger partial charge in [-0.1, -0.05) is 18.2 Å². The number of nitrogens with zero attached hydrogens (tertiary/aromatic N) is 2. The number of hydroxylamine groups is 2. The van der Waals surface area contributed by atoms with E-state index >= 15 is 0 Å². The average Bonchev–Trinajstić information content (AvgIpc) is 2.83. The molecule has 2 amide bonds. The second-order valence-corrected chi connectivity index (χ2v) is 4.91. The number of hydrogen-bond donors (Lipinski definition) is 1. The minimum Gasteiger partial charge on any atom is -0.349 e. The summed E-state index contributed by atoms with van der Waals surface area (Å²) in [5.41, 5.74) is 6.48. The fourth-order valence-corrected chi connectivity index (χ4v) is 2.41. The highest BCUT2D eigenvalue weighted by Crippen LogP contribution is 2.28. The normalized spacial score (nSPS) is 12.0. The second-order valence-electron chi connectivity index (χ2n) is 4.91. The van der Waals surface area contributed by atoms with Crippen LogP contribution in [0.15, 0.2) is 30.3 Å². The van der Waals surface area contributed by atoms with Crippen LogP contribution in [-0.2, 0) is 9.63 Å². The van der Waals surface area contributed by atoms with Crippen molar-refractivity contribution in [2.45, 2.75) is 26.8 Å². The van der Waals surface area contributed by atoms with Gasteiger partial charge < -0.3 is 10.6 Å². The van der Waals surface area contributed by atoms with Crippen LogP contribution in [0.4, 0.5) is 4.79 Å². The molecule has 0 aliphatic heterocycles. The molecule has 0 fully saturated rings. The molecule has 1 aromatic carbocycles. The Morgan fingerprint density at radius 1 is 1.23 bits per heavy atom. The maximum Gasteiger partial charge on any atom is 0.348 e. The van der Waals surface area contributed by atoms with E-state index in [0.29, 0.717) is 11.2 Å². The van der Waals surface area contributed by atoms with Gasteiger partial charge in [0.15, 0.2) is 0 Å². The summed E-state index contributed by atoms with van der Waals surface area (Å²) in [5, 5.41) is 1.60. The van der Waals surface area contributed by atoms with E-state index in [1.807, 2.05) is 18.2 Å². The molecule has 0 radical (unpaired) electrons. The van der Waals surface area contributed by atoms with Gasteiger partial charge in [-0.05, 0) is 19.1 Å². The van der Waals surface area contributed by atoms with Crippen molar-refractivity contribution in [3.63, 3.8) is 0 Å². The molecule has 7 heteroatoms. The summed E-state index contributed by atoms with van der Waals surface area (Å²) >= 11 is 0. The molecule has 0 aliphatic carbocycles. The van der Waals surface area contributed by atoms with Gasteiger partial charge in [0.1, 0.15) is 6.04 Å². The van der Waals surface area contributed by atoms with Crippen molar-refractivity contribution in [1.29, 1.82) is 0 Å². The minimum absolute atomic E-state index is 0.213. The number of para-hydroxylation sites is 1. The first-order valence-electron chi connectivity index (χ1n) is 6.71. The highest BCUT2D eigenvalue weighted by molar-refractivity contribution is 5.93. The standard InChI is InChI=1S/C15H17N3O4/c1-9(18(15(16)21)22-11(3)20)14-8-12-6-4-5-7-13(12)17(14)10(2)19/h4-9H,1-3H3,(H2,16,21). The number of benzene rings is 1. The summed E-state index contributed by atoms with van der Waals surface area (Å²) in [7, 11) is 0. The molecule has 0 saturated heterocycles. The molecule has 7 nitrogen and oxygen atoms in total. The summed E-state index contributed by atoms with van der Waals surface area (Å²) in [6.45, 7) is 4.22. The number of aromatic nitrogens is 1. The van der Waals surface area contributed by atoms with E-state index in [4.69, 9.17) is 10.6 Å². The highest BCUT2D eigenvalue weighted by atomic mass is 16.7. The lowest BCUT2D eigenvalue weighted by atomic mass is 10.2. The Balaban J connectivity index is 2.57. The first kappa shape index (κ1) is 15.6. The fraction of sp³-hybridized carbons (Fsp3) is 0.267.